The summed E-state index contributed by atoms with van der Waals surface area (Å²) in [5, 5.41) is 11.1. The molecule has 1 N–H and O–H groups in total. The van der Waals surface area contributed by atoms with Crippen molar-refractivity contribution in [2.45, 2.75) is 71.5 Å². The second kappa shape index (κ2) is 9.65. The highest BCUT2D eigenvalue weighted by atomic mass is 16.6. The molecule has 9 nitrogen and oxygen atoms in total. The predicted octanol–water partition coefficient (Wildman–Crippen LogP) is 2.25. The lowest BCUT2D eigenvalue weighted by atomic mass is 9.47. The number of carbonyl (C=O) groups excluding carboxylic acids is 3. The van der Waals surface area contributed by atoms with Gasteiger partial charge in [-0.25, -0.2) is 9.59 Å². The Morgan fingerprint density at radius 2 is 1.92 bits per heavy atom. The summed E-state index contributed by atoms with van der Waals surface area (Å²) in [6.07, 6.45) is 3.52. The molecule has 3 heterocycles. The zero-order valence-electron chi connectivity index (χ0n) is 22.5. The molecule has 3 fully saturated rings. The minimum Gasteiger partial charge on any atom is -0.458 e. The van der Waals surface area contributed by atoms with Gasteiger partial charge in [-0.3, -0.25) is 9.69 Å². The average Bonchev–Trinajstić information content (AvgIpc) is 3.56. The Labute approximate surface area is 218 Å². The Bertz CT molecular complexity index is 987. The number of ether oxygens (including phenoxy) is 4. The van der Waals surface area contributed by atoms with E-state index in [4.69, 9.17) is 18.9 Å². The summed E-state index contributed by atoms with van der Waals surface area (Å²) in [5.41, 5.74) is -0.212. The summed E-state index contributed by atoms with van der Waals surface area (Å²) in [6.45, 7) is 10.4. The first-order chi connectivity index (χ1) is 17.6. The van der Waals surface area contributed by atoms with Crippen LogP contribution in [0.2, 0.25) is 0 Å². The van der Waals surface area contributed by atoms with Crippen LogP contribution in [0.25, 0.3) is 0 Å². The van der Waals surface area contributed by atoms with Crippen LogP contribution >= 0.6 is 0 Å². The van der Waals surface area contributed by atoms with Crippen molar-refractivity contribution in [3.63, 3.8) is 0 Å². The maximum absolute atomic E-state index is 13.0. The lowest BCUT2D eigenvalue weighted by Gasteiger charge is -2.62. The van der Waals surface area contributed by atoms with Crippen molar-refractivity contribution in [1.82, 2.24) is 4.90 Å². The fourth-order valence-corrected chi connectivity index (χ4v) is 8.16. The topological polar surface area (TPSA) is 112 Å². The molecule has 206 valence electrons. The van der Waals surface area contributed by atoms with E-state index < -0.39 is 35.7 Å². The maximum Gasteiger partial charge on any atom is 0.344 e. The molecular formula is C28H41NO8. The number of aliphatic hydroxyl groups excluding tert-OH is 1. The monoisotopic (exact) mass is 519 g/mol. The number of hydrogen-bond acceptors (Lipinski definition) is 9. The predicted molar refractivity (Wildman–Crippen MR) is 132 cm³/mol. The number of likely N-dealkylation sites (tertiary alicyclic amines) is 1. The molecule has 0 spiro atoms. The molecule has 5 rings (SSSR count). The van der Waals surface area contributed by atoms with Gasteiger partial charge in [0.05, 0.1) is 19.8 Å². The molecule has 6 unspecified atom stereocenters. The quantitative estimate of drug-likeness (QED) is 0.400. The van der Waals surface area contributed by atoms with Gasteiger partial charge in [0.1, 0.15) is 18.3 Å². The normalized spacial score (nSPS) is 39.3. The van der Waals surface area contributed by atoms with E-state index in [1.165, 1.54) is 0 Å². The van der Waals surface area contributed by atoms with E-state index in [1.54, 1.807) is 0 Å². The minimum absolute atomic E-state index is 0.0447. The Kier molecular flexibility index (Phi) is 6.94. The van der Waals surface area contributed by atoms with E-state index in [0.717, 1.165) is 43.5 Å². The number of carbonyl (C=O) groups is 3. The van der Waals surface area contributed by atoms with Crippen LogP contribution in [0.3, 0.4) is 0 Å². The van der Waals surface area contributed by atoms with Gasteiger partial charge in [0.25, 0.3) is 0 Å². The third-order valence-corrected chi connectivity index (χ3v) is 10.5. The zero-order valence-corrected chi connectivity index (χ0v) is 22.5. The Morgan fingerprint density at radius 1 is 1.19 bits per heavy atom. The number of hydrogen-bond donors (Lipinski definition) is 1. The third-order valence-electron chi connectivity index (χ3n) is 10.5. The lowest BCUT2D eigenvalue weighted by molar-refractivity contribution is -0.270. The van der Waals surface area contributed by atoms with Crippen molar-refractivity contribution in [3.05, 3.63) is 11.1 Å². The van der Waals surface area contributed by atoms with Crippen LogP contribution in [0.15, 0.2) is 11.1 Å². The lowest BCUT2D eigenvalue weighted by Crippen LogP contribution is -2.67. The summed E-state index contributed by atoms with van der Waals surface area (Å²) < 4.78 is 23.3. The number of fused-ring (bicyclic) bond motifs is 4. The van der Waals surface area contributed by atoms with Crippen LogP contribution in [-0.2, 0) is 33.3 Å². The molecule has 6 atom stereocenters. The van der Waals surface area contributed by atoms with Crippen molar-refractivity contribution < 1.29 is 38.4 Å². The second-order valence-electron chi connectivity index (χ2n) is 12.4. The third kappa shape index (κ3) is 4.03. The number of cyclic esters (lactones) is 1. The maximum atomic E-state index is 13.0. The number of esters is 3. The van der Waals surface area contributed by atoms with Crippen molar-refractivity contribution >= 4 is 17.9 Å². The SMILES string of the molecule is CC(C)C1CC2(CO)C3(C)CCC4=C(COC4=O)C3COC2(C)C1OC(=O)COC(=O)CN1CCCC1. The molecule has 5 aliphatic rings. The zero-order chi connectivity index (χ0) is 26.6. The highest BCUT2D eigenvalue weighted by Crippen LogP contribution is 2.70. The van der Waals surface area contributed by atoms with Crippen LogP contribution < -0.4 is 0 Å². The fourth-order valence-electron chi connectivity index (χ4n) is 8.16. The van der Waals surface area contributed by atoms with Crippen LogP contribution in [-0.4, -0.2) is 85.7 Å². The van der Waals surface area contributed by atoms with Crippen LogP contribution in [0, 0.1) is 28.6 Å². The molecule has 0 aromatic rings. The summed E-state index contributed by atoms with van der Waals surface area (Å²) in [4.78, 5) is 39.5. The summed E-state index contributed by atoms with van der Waals surface area (Å²) in [7, 11) is 0. The molecule has 1 saturated carbocycles. The fraction of sp³-hybridized carbons (Fsp3) is 0.821. The Hall–Kier alpha value is -1.97. The van der Waals surface area contributed by atoms with Gasteiger partial charge < -0.3 is 24.1 Å². The van der Waals surface area contributed by atoms with Crippen molar-refractivity contribution in [2.24, 2.45) is 28.6 Å². The van der Waals surface area contributed by atoms with E-state index in [0.29, 0.717) is 19.4 Å². The molecule has 0 amide bonds. The second-order valence-corrected chi connectivity index (χ2v) is 12.4. The molecule has 0 aromatic heterocycles. The van der Waals surface area contributed by atoms with Crippen LogP contribution in [0.1, 0.15) is 59.8 Å². The van der Waals surface area contributed by atoms with Gasteiger partial charge in [0, 0.05) is 22.8 Å². The molecular weight excluding hydrogens is 478 g/mol. The number of rotatable bonds is 7. The highest BCUT2D eigenvalue weighted by molar-refractivity contribution is 5.92. The molecule has 37 heavy (non-hydrogen) atoms. The van der Waals surface area contributed by atoms with E-state index in [-0.39, 0.29) is 48.9 Å². The van der Waals surface area contributed by atoms with E-state index >= 15 is 0 Å². The van der Waals surface area contributed by atoms with Gasteiger partial charge in [-0.15, -0.1) is 0 Å². The van der Waals surface area contributed by atoms with Gasteiger partial charge in [-0.05, 0) is 69.0 Å². The first-order valence-corrected chi connectivity index (χ1v) is 13.8. The van der Waals surface area contributed by atoms with E-state index in [1.807, 2.05) is 11.8 Å². The summed E-state index contributed by atoms with van der Waals surface area (Å²) >= 11 is 0. The molecule has 2 saturated heterocycles. The summed E-state index contributed by atoms with van der Waals surface area (Å²) in [6, 6.07) is 0. The Morgan fingerprint density at radius 3 is 2.59 bits per heavy atom. The summed E-state index contributed by atoms with van der Waals surface area (Å²) in [5.74, 6) is -1.18. The van der Waals surface area contributed by atoms with Crippen molar-refractivity contribution in [2.75, 3.05) is 46.1 Å². The van der Waals surface area contributed by atoms with Gasteiger partial charge in [-0.1, -0.05) is 20.8 Å². The molecule has 9 heteroatoms. The first-order valence-electron chi connectivity index (χ1n) is 13.8. The van der Waals surface area contributed by atoms with Crippen molar-refractivity contribution in [1.29, 1.82) is 0 Å². The largest absolute Gasteiger partial charge is 0.458 e. The molecule has 0 bridgehead atoms. The van der Waals surface area contributed by atoms with Crippen LogP contribution in [0.4, 0.5) is 0 Å². The Balaban J connectivity index is 1.36. The number of nitrogens with zero attached hydrogens (tertiary/aromatic N) is 1. The molecule has 2 aliphatic carbocycles. The van der Waals surface area contributed by atoms with Gasteiger partial charge in [0.15, 0.2) is 6.61 Å². The number of aliphatic hydroxyl groups is 1. The van der Waals surface area contributed by atoms with Crippen LogP contribution in [0.5, 0.6) is 0 Å². The molecule has 0 radical (unpaired) electrons. The molecule has 0 aromatic carbocycles. The van der Waals surface area contributed by atoms with E-state index in [2.05, 4.69) is 20.8 Å². The average molecular weight is 520 g/mol. The standard InChI is InChI=1S/C28H41NO8/c1-17(2)19-11-28(16-30)26(3)8-7-18-20(13-35-25(18)33)21(26)14-36-27(28,4)24(19)37-23(32)15-34-22(31)12-29-9-5-6-10-29/h17,19,21,24,30H,5-16H2,1-4H3. The van der Waals surface area contributed by atoms with Gasteiger partial charge in [-0.2, -0.15) is 0 Å². The minimum atomic E-state index is -0.932. The first kappa shape index (κ1) is 26.6. The van der Waals surface area contributed by atoms with Gasteiger partial charge >= 0.3 is 17.9 Å². The smallest absolute Gasteiger partial charge is 0.344 e. The van der Waals surface area contributed by atoms with Crippen molar-refractivity contribution in [3.8, 4) is 0 Å². The highest BCUT2D eigenvalue weighted by Gasteiger charge is 2.74. The van der Waals surface area contributed by atoms with E-state index in [9.17, 15) is 19.5 Å². The molecule has 3 aliphatic heterocycles. The van der Waals surface area contributed by atoms with Gasteiger partial charge in [0.2, 0.25) is 0 Å².